The topological polar surface area (TPSA) is 148 Å². The third kappa shape index (κ3) is 5.46. The first kappa shape index (κ1) is 20.7. The summed E-state index contributed by atoms with van der Waals surface area (Å²) in [5.41, 5.74) is 11.0. The average Bonchev–Trinajstić information content (AvgIpc) is 2.71. The van der Waals surface area contributed by atoms with E-state index in [0.717, 1.165) is 11.8 Å². The van der Waals surface area contributed by atoms with Crippen molar-refractivity contribution < 1.29 is 24.1 Å². The largest absolute Gasteiger partial charge is 0.462 e. The van der Waals surface area contributed by atoms with Crippen LogP contribution in [0.4, 0.5) is 5.82 Å². The van der Waals surface area contributed by atoms with E-state index in [2.05, 4.69) is 15.8 Å². The van der Waals surface area contributed by atoms with Gasteiger partial charge in [0, 0.05) is 5.56 Å². The first-order valence-corrected chi connectivity index (χ1v) is 9.14. The molecule has 1 aromatic heterocycles. The number of anilines is 1. The lowest BCUT2D eigenvalue weighted by molar-refractivity contribution is -0.410. The molecule has 10 heteroatoms. The number of benzene rings is 1. The Morgan fingerprint density at radius 2 is 1.96 bits per heavy atom. The van der Waals surface area contributed by atoms with Gasteiger partial charge in [-0.1, -0.05) is 30.0 Å². The van der Waals surface area contributed by atoms with Crippen LogP contribution in [0, 0.1) is 11.3 Å². The number of nitrogens with two attached hydrogens (primary N) is 1. The van der Waals surface area contributed by atoms with E-state index < -0.39 is 17.8 Å². The molecule has 0 aliphatic rings. The van der Waals surface area contributed by atoms with Gasteiger partial charge in [-0.15, -0.1) is 0 Å². The van der Waals surface area contributed by atoms with Crippen LogP contribution < -0.4 is 21.6 Å². The number of hydrogen-bond acceptors (Lipinski definition) is 7. The van der Waals surface area contributed by atoms with E-state index in [1.807, 2.05) is 6.07 Å². The fourth-order valence-corrected chi connectivity index (χ4v) is 2.87. The van der Waals surface area contributed by atoms with E-state index in [-0.39, 0.29) is 29.3 Å². The molecule has 9 nitrogen and oxygen atoms in total. The molecular weight excluding hydrogens is 382 g/mol. The van der Waals surface area contributed by atoms with Crippen molar-refractivity contribution in [2.24, 2.45) is 0 Å². The first-order chi connectivity index (χ1) is 13.5. The number of aromatic amines is 1. The number of hydrazine groups is 1. The summed E-state index contributed by atoms with van der Waals surface area (Å²) in [4.78, 5) is 38.4. The van der Waals surface area contributed by atoms with E-state index in [0.29, 0.717) is 10.6 Å². The molecule has 0 saturated carbocycles. The molecule has 0 radical (unpaired) electrons. The van der Waals surface area contributed by atoms with Gasteiger partial charge in [0.15, 0.2) is 5.03 Å². The minimum absolute atomic E-state index is 0.0257. The summed E-state index contributed by atoms with van der Waals surface area (Å²) >= 11 is 1.00. The molecule has 2 amide bonds. The smallest absolute Gasteiger partial charge is 0.346 e. The van der Waals surface area contributed by atoms with Crippen LogP contribution in [0.3, 0.4) is 0 Å². The molecule has 0 atom stereocenters. The SMILES string of the molecule is CCOC(=O)c1cc(C#N)c(SCC(=O)NNC(=O)c2ccccc2)[nH+]c1N. The molecule has 0 aliphatic carbocycles. The van der Waals surface area contributed by atoms with Gasteiger partial charge in [0.25, 0.3) is 11.7 Å². The van der Waals surface area contributed by atoms with Crippen molar-refractivity contribution in [2.75, 3.05) is 18.1 Å². The molecular formula is C18H18N5O4S+. The minimum Gasteiger partial charge on any atom is -0.462 e. The Balaban J connectivity index is 1.97. The van der Waals surface area contributed by atoms with Gasteiger partial charge in [0.1, 0.15) is 17.2 Å². The number of H-pyrrole nitrogens is 1. The molecule has 2 aromatic rings. The normalized spacial score (nSPS) is 9.86. The first-order valence-electron chi connectivity index (χ1n) is 8.16. The predicted molar refractivity (Wildman–Crippen MR) is 101 cm³/mol. The number of amides is 2. The summed E-state index contributed by atoms with van der Waals surface area (Å²) < 4.78 is 4.88. The summed E-state index contributed by atoms with van der Waals surface area (Å²) in [6.07, 6.45) is 0. The highest BCUT2D eigenvalue weighted by atomic mass is 32.2. The number of carbonyl (C=O) groups excluding carboxylic acids is 3. The predicted octanol–water partition coefficient (Wildman–Crippen LogP) is 0.685. The fourth-order valence-electron chi connectivity index (χ4n) is 2.08. The van der Waals surface area contributed by atoms with Crippen LogP contribution >= 0.6 is 11.8 Å². The van der Waals surface area contributed by atoms with Gasteiger partial charge in [-0.05, 0) is 25.1 Å². The Morgan fingerprint density at radius 3 is 2.61 bits per heavy atom. The number of nitriles is 1. The molecule has 1 aromatic carbocycles. The van der Waals surface area contributed by atoms with Gasteiger partial charge in [-0.3, -0.25) is 26.2 Å². The monoisotopic (exact) mass is 400 g/mol. The fraction of sp³-hybridized carbons (Fsp3) is 0.167. The van der Waals surface area contributed by atoms with Crippen molar-refractivity contribution in [3.63, 3.8) is 0 Å². The zero-order valence-corrected chi connectivity index (χ0v) is 15.8. The molecule has 0 saturated heterocycles. The molecule has 0 aliphatic heterocycles. The summed E-state index contributed by atoms with van der Waals surface area (Å²) in [5.74, 6) is -1.66. The molecule has 0 bridgehead atoms. The Labute approximate surface area is 165 Å². The lowest BCUT2D eigenvalue weighted by Crippen LogP contribution is -2.42. The van der Waals surface area contributed by atoms with Crippen molar-refractivity contribution in [3.8, 4) is 6.07 Å². The zero-order chi connectivity index (χ0) is 20.5. The highest BCUT2D eigenvalue weighted by molar-refractivity contribution is 7.99. The second-order valence-electron chi connectivity index (χ2n) is 5.33. The number of nitrogen functional groups attached to an aromatic ring is 1. The van der Waals surface area contributed by atoms with Crippen molar-refractivity contribution in [2.45, 2.75) is 11.9 Å². The van der Waals surface area contributed by atoms with Crippen LogP contribution in [0.15, 0.2) is 41.4 Å². The van der Waals surface area contributed by atoms with Gasteiger partial charge in [0.2, 0.25) is 5.91 Å². The Morgan fingerprint density at radius 1 is 1.25 bits per heavy atom. The number of carbonyl (C=O) groups is 3. The second kappa shape index (κ2) is 9.94. The number of esters is 1. The van der Waals surface area contributed by atoms with E-state index in [4.69, 9.17) is 10.5 Å². The Kier molecular flexibility index (Phi) is 7.36. The van der Waals surface area contributed by atoms with E-state index in [1.54, 1.807) is 37.3 Å². The van der Waals surface area contributed by atoms with E-state index in [1.165, 1.54) is 6.07 Å². The van der Waals surface area contributed by atoms with Gasteiger partial charge >= 0.3 is 5.97 Å². The average molecular weight is 400 g/mol. The summed E-state index contributed by atoms with van der Waals surface area (Å²) in [6.45, 7) is 1.83. The standard InChI is InChI=1S/C18H17N5O4S/c1-2-27-18(26)13-8-12(9-19)17(21-15(13)20)28-10-14(24)22-23-16(25)11-6-4-3-5-7-11/h3-8H,2,10H2,1H3,(H2,20,21)(H,22,24)(H,23,25)/p+1. The van der Waals surface area contributed by atoms with Crippen molar-refractivity contribution in [1.82, 2.24) is 10.9 Å². The van der Waals surface area contributed by atoms with Crippen molar-refractivity contribution >= 4 is 35.4 Å². The van der Waals surface area contributed by atoms with Crippen molar-refractivity contribution in [1.29, 1.82) is 5.26 Å². The Hall–Kier alpha value is -3.58. The Bertz CT molecular complexity index is 928. The highest BCUT2D eigenvalue weighted by Gasteiger charge is 2.21. The summed E-state index contributed by atoms with van der Waals surface area (Å²) in [6, 6.07) is 11.6. The lowest BCUT2D eigenvalue weighted by atomic mass is 10.2. The summed E-state index contributed by atoms with van der Waals surface area (Å²) in [5, 5.41) is 9.60. The van der Waals surface area contributed by atoms with Crippen LogP contribution in [0.5, 0.6) is 0 Å². The number of ether oxygens (including phenoxy) is 1. The number of thioether (sulfide) groups is 1. The van der Waals surface area contributed by atoms with Gasteiger partial charge < -0.3 is 4.74 Å². The zero-order valence-electron chi connectivity index (χ0n) is 14.9. The number of nitrogens with zero attached hydrogens (tertiary/aromatic N) is 1. The molecule has 0 fully saturated rings. The molecule has 0 unspecified atom stereocenters. The van der Waals surface area contributed by atoms with Crippen LogP contribution in [0.25, 0.3) is 0 Å². The van der Waals surface area contributed by atoms with Crippen LogP contribution in [0.2, 0.25) is 0 Å². The number of aromatic nitrogens is 1. The maximum Gasteiger partial charge on any atom is 0.346 e. The van der Waals surface area contributed by atoms with Crippen LogP contribution in [0.1, 0.15) is 33.2 Å². The van der Waals surface area contributed by atoms with Gasteiger partial charge in [0.05, 0.1) is 12.4 Å². The third-order valence-corrected chi connectivity index (χ3v) is 4.40. The molecule has 2 rings (SSSR count). The summed E-state index contributed by atoms with van der Waals surface area (Å²) in [7, 11) is 0. The van der Waals surface area contributed by atoms with Crippen molar-refractivity contribution in [3.05, 3.63) is 53.1 Å². The quantitative estimate of drug-likeness (QED) is 0.367. The van der Waals surface area contributed by atoms with Crippen LogP contribution in [-0.2, 0) is 9.53 Å². The van der Waals surface area contributed by atoms with Gasteiger partial charge in [-0.2, -0.15) is 5.26 Å². The minimum atomic E-state index is -0.648. The molecule has 28 heavy (non-hydrogen) atoms. The maximum atomic E-state index is 11.9. The third-order valence-electron chi connectivity index (χ3n) is 3.39. The second-order valence-corrected chi connectivity index (χ2v) is 6.31. The maximum absolute atomic E-state index is 11.9. The number of nitrogens with one attached hydrogen (secondary N) is 3. The molecule has 144 valence electrons. The van der Waals surface area contributed by atoms with E-state index in [9.17, 15) is 19.6 Å². The lowest BCUT2D eigenvalue weighted by Gasteiger charge is -2.08. The number of rotatable bonds is 6. The van der Waals surface area contributed by atoms with Gasteiger partial charge in [-0.25, -0.2) is 9.78 Å². The number of pyridine rings is 1. The number of hydrogen-bond donors (Lipinski definition) is 3. The highest BCUT2D eigenvalue weighted by Crippen LogP contribution is 2.21. The molecule has 1 heterocycles. The van der Waals surface area contributed by atoms with Crippen LogP contribution in [-0.4, -0.2) is 30.1 Å². The van der Waals surface area contributed by atoms with E-state index >= 15 is 0 Å². The molecule has 5 N–H and O–H groups in total. The molecule has 0 spiro atoms.